The zero-order valence-electron chi connectivity index (χ0n) is 9.23. The number of nitrogens with zero attached hydrogens (tertiary/aromatic N) is 3. The Labute approximate surface area is 93.4 Å². The van der Waals surface area contributed by atoms with Gasteiger partial charge in [0.05, 0.1) is 11.4 Å². The van der Waals surface area contributed by atoms with E-state index in [1.54, 1.807) is 0 Å². The highest BCUT2D eigenvalue weighted by Crippen LogP contribution is 2.25. The molecule has 0 unspecified atom stereocenters. The zero-order valence-corrected chi connectivity index (χ0v) is 9.23. The highest BCUT2D eigenvalue weighted by molar-refractivity contribution is 5.59. The van der Waals surface area contributed by atoms with Crippen LogP contribution in [0.5, 0.6) is 0 Å². The minimum atomic E-state index is 0.369. The summed E-state index contributed by atoms with van der Waals surface area (Å²) in [6.45, 7) is 3.88. The van der Waals surface area contributed by atoms with Crippen molar-refractivity contribution in [2.24, 2.45) is 10.2 Å². The number of nitrogens with two attached hydrogens (primary N) is 1. The summed E-state index contributed by atoms with van der Waals surface area (Å²) in [4.78, 5) is 0. The Kier molecular flexibility index (Phi) is 2.68. The highest BCUT2D eigenvalue weighted by atomic mass is 15.2. The van der Waals surface area contributed by atoms with Crippen molar-refractivity contribution in [3.8, 4) is 0 Å². The molecular weight excluding hydrogens is 202 g/mol. The van der Waals surface area contributed by atoms with E-state index < -0.39 is 0 Å². The second-order valence-electron chi connectivity index (χ2n) is 3.62. The number of rotatable bonds is 2. The third-order valence-electron chi connectivity index (χ3n) is 2.24. The molecule has 2 rings (SSSR count). The van der Waals surface area contributed by atoms with Crippen LogP contribution in [0, 0.1) is 13.8 Å². The van der Waals surface area contributed by atoms with Crippen LogP contribution < -0.4 is 5.73 Å². The second-order valence-corrected chi connectivity index (χ2v) is 3.62. The van der Waals surface area contributed by atoms with Crippen molar-refractivity contribution in [3.05, 3.63) is 35.5 Å². The first-order valence-electron chi connectivity index (χ1n) is 4.95. The van der Waals surface area contributed by atoms with Gasteiger partial charge in [0, 0.05) is 0 Å². The van der Waals surface area contributed by atoms with Crippen molar-refractivity contribution in [3.63, 3.8) is 0 Å². The van der Waals surface area contributed by atoms with Gasteiger partial charge in [-0.1, -0.05) is 17.7 Å². The van der Waals surface area contributed by atoms with Gasteiger partial charge in [-0.3, -0.25) is 5.10 Å². The van der Waals surface area contributed by atoms with Crippen molar-refractivity contribution in [1.29, 1.82) is 0 Å². The molecule has 1 aromatic heterocycles. The van der Waals surface area contributed by atoms with Gasteiger partial charge in [-0.25, -0.2) is 0 Å². The molecule has 0 aliphatic carbocycles. The number of anilines is 1. The summed E-state index contributed by atoms with van der Waals surface area (Å²) >= 11 is 0. The molecule has 0 amide bonds. The predicted octanol–water partition coefficient (Wildman–Crippen LogP) is 3.02. The smallest absolute Gasteiger partial charge is 0.173 e. The minimum absolute atomic E-state index is 0.369. The Morgan fingerprint density at radius 2 is 1.81 bits per heavy atom. The minimum Gasteiger partial charge on any atom is -0.380 e. The van der Waals surface area contributed by atoms with Crippen molar-refractivity contribution >= 4 is 17.2 Å². The van der Waals surface area contributed by atoms with Crippen molar-refractivity contribution in [2.45, 2.75) is 13.8 Å². The fourth-order valence-electron chi connectivity index (χ4n) is 1.29. The molecule has 5 heteroatoms. The van der Waals surface area contributed by atoms with Gasteiger partial charge in [-0.2, -0.15) is 10.2 Å². The van der Waals surface area contributed by atoms with Gasteiger partial charge in [0.25, 0.3) is 0 Å². The number of aromatic nitrogens is 2. The first-order valence-corrected chi connectivity index (χ1v) is 4.95. The molecule has 16 heavy (non-hydrogen) atoms. The Bertz CT molecular complexity index is 490. The van der Waals surface area contributed by atoms with Crippen LogP contribution >= 0.6 is 0 Å². The summed E-state index contributed by atoms with van der Waals surface area (Å²) in [5, 5.41) is 14.8. The van der Waals surface area contributed by atoms with Gasteiger partial charge in [0.1, 0.15) is 5.69 Å². The summed E-state index contributed by atoms with van der Waals surface area (Å²) in [6, 6.07) is 7.79. The van der Waals surface area contributed by atoms with E-state index in [1.165, 1.54) is 5.56 Å². The summed E-state index contributed by atoms with van der Waals surface area (Å²) in [5.74, 6) is 0.369. The van der Waals surface area contributed by atoms with E-state index in [2.05, 4.69) is 20.4 Å². The Hall–Kier alpha value is -2.17. The number of aryl methyl sites for hydroxylation is 2. The number of H-pyrrole nitrogens is 1. The molecule has 0 atom stereocenters. The first-order chi connectivity index (χ1) is 7.66. The quantitative estimate of drug-likeness (QED) is 0.755. The molecule has 5 nitrogen and oxygen atoms in total. The lowest BCUT2D eigenvalue weighted by molar-refractivity contribution is 1.05. The largest absolute Gasteiger partial charge is 0.380 e. The molecule has 0 radical (unpaired) electrons. The van der Waals surface area contributed by atoms with Gasteiger partial charge in [-0.15, -0.1) is 5.11 Å². The van der Waals surface area contributed by atoms with Gasteiger partial charge in [0.15, 0.2) is 5.82 Å². The highest BCUT2D eigenvalue weighted by Gasteiger charge is 2.04. The summed E-state index contributed by atoms with van der Waals surface area (Å²) in [5.41, 5.74) is 9.03. The van der Waals surface area contributed by atoms with Crippen LogP contribution in [0.3, 0.4) is 0 Å². The standard InChI is InChI=1S/C11H13N5/c1-7-3-5-9(6-4-7)14-15-10-8(2)13-16-11(10)12/h3-6H,1-2H3,(H3,12,13,16). The van der Waals surface area contributed by atoms with Gasteiger partial charge in [0.2, 0.25) is 0 Å². The first kappa shape index (κ1) is 10.4. The lowest BCUT2D eigenvalue weighted by Crippen LogP contribution is -1.83. The molecule has 0 saturated heterocycles. The molecule has 1 heterocycles. The van der Waals surface area contributed by atoms with Crippen LogP contribution in [0.4, 0.5) is 17.2 Å². The molecular formula is C11H13N5. The van der Waals surface area contributed by atoms with Gasteiger partial charge >= 0.3 is 0 Å². The Morgan fingerprint density at radius 3 is 2.38 bits per heavy atom. The maximum absolute atomic E-state index is 5.63. The Balaban J connectivity index is 2.24. The molecule has 0 saturated carbocycles. The Morgan fingerprint density at radius 1 is 1.12 bits per heavy atom. The fraction of sp³-hybridized carbons (Fsp3) is 0.182. The van der Waals surface area contributed by atoms with Crippen LogP contribution in [-0.4, -0.2) is 10.2 Å². The van der Waals surface area contributed by atoms with E-state index in [0.29, 0.717) is 11.5 Å². The topological polar surface area (TPSA) is 79.4 Å². The molecule has 1 aromatic carbocycles. The average Bonchev–Trinajstić information content (AvgIpc) is 2.59. The number of nitrogens with one attached hydrogen (secondary N) is 1. The number of nitrogen functional groups attached to an aromatic ring is 1. The van der Waals surface area contributed by atoms with Gasteiger partial charge < -0.3 is 5.73 Å². The van der Waals surface area contributed by atoms with E-state index in [0.717, 1.165) is 11.4 Å². The maximum atomic E-state index is 5.63. The van der Waals surface area contributed by atoms with Crippen molar-refractivity contribution in [2.75, 3.05) is 5.73 Å². The third kappa shape index (κ3) is 2.08. The molecule has 0 aliphatic heterocycles. The summed E-state index contributed by atoms with van der Waals surface area (Å²) in [6.07, 6.45) is 0. The molecule has 3 N–H and O–H groups in total. The van der Waals surface area contributed by atoms with E-state index in [4.69, 9.17) is 5.73 Å². The summed E-state index contributed by atoms with van der Waals surface area (Å²) < 4.78 is 0. The monoisotopic (exact) mass is 215 g/mol. The van der Waals surface area contributed by atoms with Crippen LogP contribution in [0.15, 0.2) is 34.5 Å². The molecule has 0 fully saturated rings. The van der Waals surface area contributed by atoms with Gasteiger partial charge in [-0.05, 0) is 26.0 Å². The van der Waals surface area contributed by atoms with Crippen LogP contribution in [0.2, 0.25) is 0 Å². The average molecular weight is 215 g/mol. The maximum Gasteiger partial charge on any atom is 0.173 e. The number of hydrogen-bond donors (Lipinski definition) is 2. The van der Waals surface area contributed by atoms with E-state index in [9.17, 15) is 0 Å². The van der Waals surface area contributed by atoms with Crippen LogP contribution in [-0.2, 0) is 0 Å². The number of benzene rings is 1. The SMILES string of the molecule is Cc1ccc(N=Nc2c(N)n[nH]c2C)cc1. The lowest BCUT2D eigenvalue weighted by atomic mass is 10.2. The van der Waals surface area contributed by atoms with E-state index in [-0.39, 0.29) is 0 Å². The van der Waals surface area contributed by atoms with E-state index >= 15 is 0 Å². The number of azo groups is 1. The normalized spacial score (nSPS) is 11.1. The second kappa shape index (κ2) is 4.14. The summed E-state index contributed by atoms with van der Waals surface area (Å²) in [7, 11) is 0. The zero-order chi connectivity index (χ0) is 11.5. The lowest BCUT2D eigenvalue weighted by Gasteiger charge is -1.94. The van der Waals surface area contributed by atoms with Crippen LogP contribution in [0.1, 0.15) is 11.3 Å². The van der Waals surface area contributed by atoms with E-state index in [1.807, 2.05) is 38.1 Å². The van der Waals surface area contributed by atoms with Crippen molar-refractivity contribution < 1.29 is 0 Å². The fourth-order valence-corrected chi connectivity index (χ4v) is 1.29. The predicted molar refractivity (Wildman–Crippen MR) is 63.1 cm³/mol. The van der Waals surface area contributed by atoms with Crippen LogP contribution in [0.25, 0.3) is 0 Å². The molecule has 0 spiro atoms. The molecule has 82 valence electrons. The number of aromatic amines is 1. The molecule has 0 bridgehead atoms. The van der Waals surface area contributed by atoms with Crippen molar-refractivity contribution in [1.82, 2.24) is 10.2 Å². The third-order valence-corrected chi connectivity index (χ3v) is 2.24. The molecule has 2 aromatic rings. The number of hydrogen-bond acceptors (Lipinski definition) is 4. The molecule has 0 aliphatic rings.